The lowest BCUT2D eigenvalue weighted by Crippen LogP contribution is -2.52. The van der Waals surface area contributed by atoms with Gasteiger partial charge in [0, 0.05) is 16.5 Å². The molecule has 1 atom stereocenters. The van der Waals surface area contributed by atoms with Crippen molar-refractivity contribution in [3.8, 4) is 0 Å². The molecular weight excluding hydrogens is 178 g/mol. The van der Waals surface area contributed by atoms with E-state index in [2.05, 4.69) is 39.5 Å². The SMILES string of the molecule is CCC(C)SC1(CN)CC(C)(C)C1. The molecule has 1 unspecified atom stereocenters. The average Bonchev–Trinajstić information content (AvgIpc) is 2.00. The molecule has 1 nitrogen and oxygen atoms in total. The fourth-order valence-electron chi connectivity index (χ4n) is 2.48. The van der Waals surface area contributed by atoms with Crippen molar-refractivity contribution in [2.24, 2.45) is 11.1 Å². The molecule has 0 aromatic rings. The summed E-state index contributed by atoms with van der Waals surface area (Å²) in [6.07, 6.45) is 3.85. The molecule has 0 heterocycles. The zero-order chi connectivity index (χ0) is 10.1. The van der Waals surface area contributed by atoms with Gasteiger partial charge in [-0.15, -0.1) is 0 Å². The predicted molar refractivity (Wildman–Crippen MR) is 62.1 cm³/mol. The molecule has 1 rings (SSSR count). The highest BCUT2D eigenvalue weighted by Gasteiger charge is 2.48. The summed E-state index contributed by atoms with van der Waals surface area (Å²) < 4.78 is 0.416. The lowest BCUT2D eigenvalue weighted by atomic mass is 9.64. The van der Waals surface area contributed by atoms with Crippen molar-refractivity contribution in [3.05, 3.63) is 0 Å². The second-order valence-corrected chi connectivity index (χ2v) is 7.15. The number of thioether (sulfide) groups is 1. The largest absolute Gasteiger partial charge is 0.329 e. The van der Waals surface area contributed by atoms with Crippen LogP contribution in [0.4, 0.5) is 0 Å². The maximum absolute atomic E-state index is 5.87. The molecule has 1 aliphatic rings. The zero-order valence-electron chi connectivity index (χ0n) is 9.39. The van der Waals surface area contributed by atoms with Crippen molar-refractivity contribution in [1.29, 1.82) is 0 Å². The fraction of sp³-hybridized carbons (Fsp3) is 1.00. The van der Waals surface area contributed by atoms with Crippen molar-refractivity contribution in [2.45, 2.75) is 57.0 Å². The van der Waals surface area contributed by atoms with Crippen LogP contribution in [-0.4, -0.2) is 16.5 Å². The molecule has 1 saturated carbocycles. The van der Waals surface area contributed by atoms with Crippen molar-refractivity contribution >= 4 is 11.8 Å². The predicted octanol–water partition coefficient (Wildman–Crippen LogP) is 3.04. The van der Waals surface area contributed by atoms with E-state index in [1.165, 1.54) is 19.3 Å². The van der Waals surface area contributed by atoms with Gasteiger partial charge in [0.1, 0.15) is 0 Å². The summed E-state index contributed by atoms with van der Waals surface area (Å²) >= 11 is 2.11. The smallest absolute Gasteiger partial charge is 0.0295 e. The van der Waals surface area contributed by atoms with E-state index >= 15 is 0 Å². The Morgan fingerprint density at radius 2 is 1.92 bits per heavy atom. The van der Waals surface area contributed by atoms with Crippen LogP contribution in [0.5, 0.6) is 0 Å². The summed E-state index contributed by atoms with van der Waals surface area (Å²) in [4.78, 5) is 0. The lowest BCUT2D eigenvalue weighted by molar-refractivity contribution is 0.131. The van der Waals surface area contributed by atoms with E-state index in [0.29, 0.717) is 10.2 Å². The molecule has 1 aliphatic carbocycles. The molecule has 78 valence electrons. The minimum Gasteiger partial charge on any atom is -0.329 e. The monoisotopic (exact) mass is 201 g/mol. The Morgan fingerprint density at radius 1 is 1.38 bits per heavy atom. The van der Waals surface area contributed by atoms with Crippen LogP contribution in [0, 0.1) is 5.41 Å². The molecule has 13 heavy (non-hydrogen) atoms. The van der Waals surface area contributed by atoms with Crippen LogP contribution in [0.3, 0.4) is 0 Å². The molecule has 0 radical (unpaired) electrons. The maximum atomic E-state index is 5.87. The Morgan fingerprint density at radius 3 is 2.23 bits per heavy atom. The van der Waals surface area contributed by atoms with Crippen molar-refractivity contribution in [2.75, 3.05) is 6.54 Å². The summed E-state index contributed by atoms with van der Waals surface area (Å²) in [5, 5.41) is 0.764. The van der Waals surface area contributed by atoms with Gasteiger partial charge in [0.05, 0.1) is 0 Å². The third-order valence-electron chi connectivity index (χ3n) is 3.00. The second-order valence-electron chi connectivity index (χ2n) is 5.24. The minimum atomic E-state index is 0.416. The highest BCUT2D eigenvalue weighted by atomic mass is 32.2. The van der Waals surface area contributed by atoms with Gasteiger partial charge < -0.3 is 5.73 Å². The Labute approximate surface area is 86.8 Å². The summed E-state index contributed by atoms with van der Waals surface area (Å²) in [6, 6.07) is 0. The molecule has 0 spiro atoms. The van der Waals surface area contributed by atoms with Crippen LogP contribution in [0.15, 0.2) is 0 Å². The number of rotatable bonds is 4. The van der Waals surface area contributed by atoms with Gasteiger partial charge in [-0.3, -0.25) is 0 Å². The Hall–Kier alpha value is 0.310. The molecule has 0 aliphatic heterocycles. The Kier molecular flexibility index (Phi) is 3.34. The number of hydrogen-bond donors (Lipinski definition) is 1. The van der Waals surface area contributed by atoms with Gasteiger partial charge in [-0.2, -0.15) is 11.8 Å². The first-order valence-electron chi connectivity index (χ1n) is 5.31. The van der Waals surface area contributed by atoms with Crippen LogP contribution < -0.4 is 5.73 Å². The van der Waals surface area contributed by atoms with Gasteiger partial charge in [0.15, 0.2) is 0 Å². The third-order valence-corrected chi connectivity index (χ3v) is 4.69. The maximum Gasteiger partial charge on any atom is 0.0295 e. The summed E-state index contributed by atoms with van der Waals surface area (Å²) in [6.45, 7) is 10.1. The molecular formula is C11H23NS. The molecule has 0 bridgehead atoms. The van der Waals surface area contributed by atoms with E-state index < -0.39 is 0 Å². The van der Waals surface area contributed by atoms with Gasteiger partial charge in [-0.1, -0.05) is 27.7 Å². The highest BCUT2D eigenvalue weighted by Crippen LogP contribution is 2.55. The zero-order valence-corrected chi connectivity index (χ0v) is 10.2. The topological polar surface area (TPSA) is 26.0 Å². The van der Waals surface area contributed by atoms with E-state index in [0.717, 1.165) is 11.8 Å². The molecule has 0 aromatic heterocycles. The highest BCUT2D eigenvalue weighted by molar-refractivity contribution is 8.01. The van der Waals surface area contributed by atoms with E-state index in [1.807, 2.05) is 0 Å². The van der Waals surface area contributed by atoms with Crippen molar-refractivity contribution in [3.63, 3.8) is 0 Å². The van der Waals surface area contributed by atoms with Crippen molar-refractivity contribution < 1.29 is 0 Å². The van der Waals surface area contributed by atoms with Crippen LogP contribution in [0.2, 0.25) is 0 Å². The first kappa shape index (κ1) is 11.4. The van der Waals surface area contributed by atoms with E-state index in [9.17, 15) is 0 Å². The molecule has 1 fully saturated rings. The van der Waals surface area contributed by atoms with Gasteiger partial charge in [-0.05, 0) is 24.7 Å². The minimum absolute atomic E-state index is 0.416. The van der Waals surface area contributed by atoms with Gasteiger partial charge in [-0.25, -0.2) is 0 Å². The Balaban J connectivity index is 2.46. The average molecular weight is 201 g/mol. The molecule has 0 aromatic carbocycles. The number of hydrogen-bond acceptors (Lipinski definition) is 2. The van der Waals surface area contributed by atoms with Gasteiger partial charge in [0.2, 0.25) is 0 Å². The molecule has 0 amide bonds. The third kappa shape index (κ3) is 2.63. The summed E-state index contributed by atoms with van der Waals surface area (Å²) in [7, 11) is 0. The molecule has 2 N–H and O–H groups in total. The van der Waals surface area contributed by atoms with E-state index in [-0.39, 0.29) is 0 Å². The summed E-state index contributed by atoms with van der Waals surface area (Å²) in [5.41, 5.74) is 6.41. The van der Waals surface area contributed by atoms with Gasteiger partial charge >= 0.3 is 0 Å². The quantitative estimate of drug-likeness (QED) is 0.756. The van der Waals surface area contributed by atoms with Crippen LogP contribution in [0.25, 0.3) is 0 Å². The lowest BCUT2D eigenvalue weighted by Gasteiger charge is -2.53. The van der Waals surface area contributed by atoms with Crippen LogP contribution in [-0.2, 0) is 0 Å². The first-order chi connectivity index (χ1) is 5.93. The first-order valence-corrected chi connectivity index (χ1v) is 6.19. The van der Waals surface area contributed by atoms with Crippen LogP contribution in [0.1, 0.15) is 47.0 Å². The van der Waals surface area contributed by atoms with Crippen molar-refractivity contribution in [1.82, 2.24) is 0 Å². The standard InChI is InChI=1S/C11H23NS/c1-5-9(2)13-11(8-12)6-10(3,4)7-11/h9H,5-8,12H2,1-4H3. The molecule has 0 saturated heterocycles. The van der Waals surface area contributed by atoms with Crippen LogP contribution >= 0.6 is 11.8 Å². The second kappa shape index (κ2) is 3.82. The summed E-state index contributed by atoms with van der Waals surface area (Å²) in [5.74, 6) is 0. The van der Waals surface area contributed by atoms with E-state index in [1.54, 1.807) is 0 Å². The Bertz CT molecular complexity index is 169. The van der Waals surface area contributed by atoms with Gasteiger partial charge in [0.25, 0.3) is 0 Å². The van der Waals surface area contributed by atoms with E-state index in [4.69, 9.17) is 5.73 Å². The normalized spacial score (nSPS) is 26.5. The fourth-order valence-corrected chi connectivity index (χ4v) is 4.54. The number of nitrogens with two attached hydrogens (primary N) is 1. The molecule has 2 heteroatoms.